The highest BCUT2D eigenvalue weighted by Gasteiger charge is 2.20. The predicted octanol–water partition coefficient (Wildman–Crippen LogP) is 3.08. The number of hydrogen-bond donors (Lipinski definition) is 1. The van der Waals surface area contributed by atoms with Gasteiger partial charge in [0, 0.05) is 12.6 Å². The Balaban J connectivity index is 1.59. The van der Waals surface area contributed by atoms with E-state index < -0.39 is 0 Å². The molecule has 1 fully saturated rings. The molecule has 3 heteroatoms. The minimum atomic E-state index is 0.353. The number of ether oxygens (including phenoxy) is 2. The van der Waals surface area contributed by atoms with Gasteiger partial charge in [-0.05, 0) is 36.5 Å². The van der Waals surface area contributed by atoms with E-state index in [1.165, 1.54) is 31.2 Å². The first-order chi connectivity index (χ1) is 8.83. The zero-order chi connectivity index (χ0) is 12.4. The fraction of sp³-hybridized carbons (Fsp3) is 0.600. The van der Waals surface area contributed by atoms with Crippen LogP contribution in [0, 0.1) is 5.92 Å². The van der Waals surface area contributed by atoms with Gasteiger partial charge in [0.05, 0.1) is 0 Å². The van der Waals surface area contributed by atoms with E-state index in [1.807, 2.05) is 6.07 Å². The van der Waals surface area contributed by atoms with Gasteiger partial charge in [0.2, 0.25) is 6.79 Å². The van der Waals surface area contributed by atoms with Gasteiger partial charge in [-0.3, -0.25) is 0 Å². The lowest BCUT2D eigenvalue weighted by molar-refractivity contribution is 0.174. The molecular formula is C15H21NO2. The van der Waals surface area contributed by atoms with Gasteiger partial charge in [-0.25, -0.2) is 0 Å². The summed E-state index contributed by atoms with van der Waals surface area (Å²) in [5, 5.41) is 3.68. The Bertz CT molecular complexity index is 419. The molecule has 2 atom stereocenters. The van der Waals surface area contributed by atoms with Crippen molar-refractivity contribution in [2.45, 2.75) is 45.2 Å². The maximum Gasteiger partial charge on any atom is 0.231 e. The largest absolute Gasteiger partial charge is 0.454 e. The van der Waals surface area contributed by atoms with Crippen molar-refractivity contribution in [1.82, 2.24) is 5.32 Å². The first-order valence-corrected chi connectivity index (χ1v) is 6.95. The van der Waals surface area contributed by atoms with Crippen molar-refractivity contribution in [2.75, 3.05) is 6.79 Å². The van der Waals surface area contributed by atoms with Crippen molar-refractivity contribution >= 4 is 0 Å². The summed E-state index contributed by atoms with van der Waals surface area (Å²) in [6.45, 7) is 3.63. The smallest absolute Gasteiger partial charge is 0.231 e. The molecular weight excluding hydrogens is 226 g/mol. The average Bonchev–Trinajstić information content (AvgIpc) is 2.85. The van der Waals surface area contributed by atoms with Gasteiger partial charge in [0.1, 0.15) is 0 Å². The summed E-state index contributed by atoms with van der Waals surface area (Å²) < 4.78 is 10.7. The Hall–Kier alpha value is -1.22. The zero-order valence-corrected chi connectivity index (χ0v) is 10.9. The van der Waals surface area contributed by atoms with Gasteiger partial charge < -0.3 is 14.8 Å². The van der Waals surface area contributed by atoms with Crippen LogP contribution in [0.2, 0.25) is 0 Å². The lowest BCUT2D eigenvalue weighted by Gasteiger charge is -2.29. The van der Waals surface area contributed by atoms with Crippen LogP contribution in [0.1, 0.15) is 38.2 Å². The molecule has 1 saturated carbocycles. The Morgan fingerprint density at radius 2 is 2.00 bits per heavy atom. The first kappa shape index (κ1) is 11.8. The minimum absolute atomic E-state index is 0.353. The van der Waals surface area contributed by atoms with E-state index in [0.717, 1.165) is 24.0 Å². The van der Waals surface area contributed by atoms with E-state index in [4.69, 9.17) is 9.47 Å². The van der Waals surface area contributed by atoms with Gasteiger partial charge in [0.15, 0.2) is 11.5 Å². The molecule has 0 radical (unpaired) electrons. The fourth-order valence-corrected chi connectivity index (χ4v) is 2.92. The molecule has 18 heavy (non-hydrogen) atoms. The van der Waals surface area contributed by atoms with Crippen LogP contribution < -0.4 is 14.8 Å². The molecule has 2 aliphatic rings. The molecule has 1 aromatic rings. The standard InChI is InChI=1S/C15H21NO2/c1-11-4-2-3-5-13(11)16-9-12-6-7-14-15(8-12)18-10-17-14/h6-8,11,13,16H,2-5,9-10H2,1H3/t11-,13-/m0/s1. The third-order valence-corrected chi connectivity index (χ3v) is 4.12. The highest BCUT2D eigenvalue weighted by Crippen LogP contribution is 2.32. The summed E-state index contributed by atoms with van der Waals surface area (Å²) in [6.07, 6.45) is 5.43. The molecule has 0 amide bonds. The maximum atomic E-state index is 5.40. The quantitative estimate of drug-likeness (QED) is 0.890. The van der Waals surface area contributed by atoms with Crippen molar-refractivity contribution in [3.8, 4) is 11.5 Å². The second-order valence-electron chi connectivity index (χ2n) is 5.44. The first-order valence-electron chi connectivity index (χ1n) is 6.95. The molecule has 0 saturated heterocycles. The zero-order valence-electron chi connectivity index (χ0n) is 10.9. The lowest BCUT2D eigenvalue weighted by atomic mass is 9.86. The molecule has 3 rings (SSSR count). The van der Waals surface area contributed by atoms with Crippen LogP contribution in [0.3, 0.4) is 0 Å². The third-order valence-electron chi connectivity index (χ3n) is 4.12. The van der Waals surface area contributed by atoms with Crippen LogP contribution in [0.15, 0.2) is 18.2 Å². The summed E-state index contributed by atoms with van der Waals surface area (Å²) in [5.41, 5.74) is 1.28. The third kappa shape index (κ3) is 2.46. The molecule has 1 aromatic carbocycles. The highest BCUT2D eigenvalue weighted by molar-refractivity contribution is 5.44. The van der Waals surface area contributed by atoms with E-state index in [9.17, 15) is 0 Å². The van der Waals surface area contributed by atoms with E-state index >= 15 is 0 Å². The molecule has 98 valence electrons. The monoisotopic (exact) mass is 247 g/mol. The molecule has 0 spiro atoms. The van der Waals surface area contributed by atoms with Crippen LogP contribution in [-0.4, -0.2) is 12.8 Å². The van der Waals surface area contributed by atoms with Crippen molar-refractivity contribution in [3.63, 3.8) is 0 Å². The van der Waals surface area contributed by atoms with Crippen molar-refractivity contribution < 1.29 is 9.47 Å². The van der Waals surface area contributed by atoms with Crippen molar-refractivity contribution in [1.29, 1.82) is 0 Å². The van der Waals surface area contributed by atoms with Gasteiger partial charge >= 0.3 is 0 Å². The molecule has 1 aliphatic heterocycles. The van der Waals surface area contributed by atoms with E-state index in [-0.39, 0.29) is 0 Å². The van der Waals surface area contributed by atoms with E-state index in [1.54, 1.807) is 0 Å². The normalized spacial score (nSPS) is 26.3. The Morgan fingerprint density at radius 1 is 1.17 bits per heavy atom. The van der Waals surface area contributed by atoms with Crippen LogP contribution in [-0.2, 0) is 6.54 Å². The van der Waals surface area contributed by atoms with Gasteiger partial charge in [-0.15, -0.1) is 0 Å². The van der Waals surface area contributed by atoms with Crippen LogP contribution in [0.25, 0.3) is 0 Å². The number of nitrogens with one attached hydrogen (secondary N) is 1. The van der Waals surface area contributed by atoms with Crippen molar-refractivity contribution in [2.24, 2.45) is 5.92 Å². The van der Waals surface area contributed by atoms with Gasteiger partial charge in [-0.2, -0.15) is 0 Å². The predicted molar refractivity (Wildman–Crippen MR) is 70.8 cm³/mol. The molecule has 3 nitrogen and oxygen atoms in total. The molecule has 1 N–H and O–H groups in total. The molecule has 0 unspecified atom stereocenters. The number of fused-ring (bicyclic) bond motifs is 1. The summed E-state index contributed by atoms with van der Waals surface area (Å²) in [7, 11) is 0. The topological polar surface area (TPSA) is 30.5 Å². The second-order valence-corrected chi connectivity index (χ2v) is 5.44. The summed E-state index contributed by atoms with van der Waals surface area (Å²) in [6, 6.07) is 6.88. The average molecular weight is 247 g/mol. The Labute approximate surface area is 108 Å². The molecule has 1 aliphatic carbocycles. The second kappa shape index (κ2) is 5.19. The maximum absolute atomic E-state index is 5.40. The molecule has 0 bridgehead atoms. The van der Waals surface area contributed by atoms with Gasteiger partial charge in [-0.1, -0.05) is 25.8 Å². The highest BCUT2D eigenvalue weighted by atomic mass is 16.7. The SMILES string of the molecule is C[C@H]1CCCC[C@@H]1NCc1ccc2c(c1)OCO2. The van der Waals surface area contributed by atoms with Gasteiger partial charge in [0.25, 0.3) is 0 Å². The number of hydrogen-bond acceptors (Lipinski definition) is 3. The summed E-state index contributed by atoms with van der Waals surface area (Å²) in [4.78, 5) is 0. The van der Waals surface area contributed by atoms with Crippen LogP contribution >= 0.6 is 0 Å². The molecule has 1 heterocycles. The molecule has 0 aromatic heterocycles. The number of rotatable bonds is 3. The number of benzene rings is 1. The minimum Gasteiger partial charge on any atom is -0.454 e. The van der Waals surface area contributed by atoms with Crippen LogP contribution in [0.5, 0.6) is 11.5 Å². The summed E-state index contributed by atoms with van der Waals surface area (Å²) >= 11 is 0. The Morgan fingerprint density at radius 3 is 2.89 bits per heavy atom. The Kier molecular flexibility index (Phi) is 3.41. The van der Waals surface area contributed by atoms with E-state index in [2.05, 4.69) is 24.4 Å². The van der Waals surface area contributed by atoms with Crippen molar-refractivity contribution in [3.05, 3.63) is 23.8 Å². The fourth-order valence-electron chi connectivity index (χ4n) is 2.92. The van der Waals surface area contributed by atoms with E-state index in [0.29, 0.717) is 12.8 Å². The lowest BCUT2D eigenvalue weighted by Crippen LogP contribution is -2.36. The van der Waals surface area contributed by atoms with Crippen LogP contribution in [0.4, 0.5) is 0 Å². The summed E-state index contributed by atoms with van der Waals surface area (Å²) in [5.74, 6) is 2.54.